The Balaban J connectivity index is 2.29. The summed E-state index contributed by atoms with van der Waals surface area (Å²) in [4.78, 5) is 8.49. The smallest absolute Gasteiger partial charge is 0.224 e. The Morgan fingerprint density at radius 3 is 2.84 bits per heavy atom. The van der Waals surface area contributed by atoms with Crippen molar-refractivity contribution < 1.29 is 4.39 Å². The number of hydrogen-bond acceptors (Lipinski definition) is 4. The third-order valence-corrected chi connectivity index (χ3v) is 2.80. The van der Waals surface area contributed by atoms with Crippen LogP contribution in [0.3, 0.4) is 0 Å². The number of aromatic nitrogens is 2. The minimum absolute atomic E-state index is 0.308. The van der Waals surface area contributed by atoms with Crippen molar-refractivity contribution in [3.63, 3.8) is 0 Å². The molecule has 2 rings (SSSR count). The summed E-state index contributed by atoms with van der Waals surface area (Å²) in [6.07, 6.45) is 1.71. The van der Waals surface area contributed by atoms with Gasteiger partial charge in [0.05, 0.1) is 10.7 Å². The highest BCUT2D eigenvalue weighted by molar-refractivity contribution is 6.33. The van der Waals surface area contributed by atoms with Gasteiger partial charge in [-0.15, -0.1) is 0 Å². The Hall–Kier alpha value is -1.88. The molecule has 0 spiro atoms. The van der Waals surface area contributed by atoms with Crippen LogP contribution in [0.25, 0.3) is 0 Å². The van der Waals surface area contributed by atoms with Crippen LogP contribution in [-0.2, 0) is 0 Å². The normalized spacial score (nSPS) is 10.3. The van der Waals surface area contributed by atoms with Crippen LogP contribution >= 0.6 is 11.6 Å². The Morgan fingerprint density at radius 1 is 1.37 bits per heavy atom. The molecule has 0 aliphatic rings. The molecule has 0 aliphatic heterocycles. The molecule has 2 N–H and O–H groups in total. The first-order chi connectivity index (χ1) is 9.10. The molecule has 19 heavy (non-hydrogen) atoms. The highest BCUT2D eigenvalue weighted by Crippen LogP contribution is 2.26. The van der Waals surface area contributed by atoms with E-state index in [-0.39, 0.29) is 5.82 Å². The average molecular weight is 281 g/mol. The van der Waals surface area contributed by atoms with E-state index in [1.165, 1.54) is 12.1 Å². The van der Waals surface area contributed by atoms with Crippen LogP contribution in [0.2, 0.25) is 5.02 Å². The molecule has 100 valence electrons. The van der Waals surface area contributed by atoms with Gasteiger partial charge in [0.1, 0.15) is 11.6 Å². The van der Waals surface area contributed by atoms with E-state index in [0.29, 0.717) is 22.5 Å². The monoisotopic (exact) mass is 280 g/mol. The van der Waals surface area contributed by atoms with Crippen molar-refractivity contribution in [3.05, 3.63) is 40.8 Å². The highest BCUT2D eigenvalue weighted by atomic mass is 35.5. The van der Waals surface area contributed by atoms with Gasteiger partial charge in [-0.3, -0.25) is 0 Å². The second-order valence-electron chi connectivity index (χ2n) is 4.00. The number of aryl methyl sites for hydroxylation is 1. The van der Waals surface area contributed by atoms with E-state index in [4.69, 9.17) is 11.6 Å². The SMILES string of the molecule is CCNc1ncc(C)c(Nc2ccc(F)cc2Cl)n1. The Kier molecular flexibility index (Phi) is 4.16. The molecule has 1 heterocycles. The van der Waals surface area contributed by atoms with Crippen LogP contribution in [0.1, 0.15) is 12.5 Å². The maximum atomic E-state index is 13.0. The number of hydrogen-bond donors (Lipinski definition) is 2. The van der Waals surface area contributed by atoms with Gasteiger partial charge in [0, 0.05) is 18.3 Å². The van der Waals surface area contributed by atoms with Crippen molar-refractivity contribution in [2.45, 2.75) is 13.8 Å². The van der Waals surface area contributed by atoms with E-state index in [1.807, 2.05) is 13.8 Å². The molecule has 6 heteroatoms. The van der Waals surface area contributed by atoms with Crippen LogP contribution in [0, 0.1) is 12.7 Å². The lowest BCUT2D eigenvalue weighted by Gasteiger charge is -2.11. The first kappa shape index (κ1) is 13.5. The van der Waals surface area contributed by atoms with Crippen LogP contribution in [-0.4, -0.2) is 16.5 Å². The summed E-state index contributed by atoms with van der Waals surface area (Å²) in [5.41, 5.74) is 1.48. The molecule has 0 unspecified atom stereocenters. The Morgan fingerprint density at radius 2 is 2.16 bits per heavy atom. The molecule has 0 saturated heterocycles. The lowest BCUT2D eigenvalue weighted by molar-refractivity contribution is 0.628. The van der Waals surface area contributed by atoms with Crippen molar-refractivity contribution in [2.75, 3.05) is 17.2 Å². The topological polar surface area (TPSA) is 49.8 Å². The fourth-order valence-corrected chi connectivity index (χ4v) is 1.74. The fourth-order valence-electron chi connectivity index (χ4n) is 1.53. The van der Waals surface area contributed by atoms with Gasteiger partial charge in [-0.05, 0) is 32.0 Å². The van der Waals surface area contributed by atoms with Crippen molar-refractivity contribution in [2.24, 2.45) is 0 Å². The second-order valence-corrected chi connectivity index (χ2v) is 4.41. The van der Waals surface area contributed by atoms with E-state index in [0.717, 1.165) is 12.1 Å². The quantitative estimate of drug-likeness (QED) is 0.895. The summed E-state index contributed by atoms with van der Waals surface area (Å²) < 4.78 is 13.0. The van der Waals surface area contributed by atoms with Gasteiger partial charge in [-0.25, -0.2) is 9.37 Å². The van der Waals surface area contributed by atoms with Gasteiger partial charge in [0.2, 0.25) is 5.95 Å². The summed E-state index contributed by atoms with van der Waals surface area (Å²) in [7, 11) is 0. The zero-order valence-electron chi connectivity index (χ0n) is 10.7. The van der Waals surface area contributed by atoms with Gasteiger partial charge in [0.25, 0.3) is 0 Å². The zero-order valence-corrected chi connectivity index (χ0v) is 11.4. The van der Waals surface area contributed by atoms with Crippen molar-refractivity contribution in [3.8, 4) is 0 Å². The number of nitrogens with zero attached hydrogens (tertiary/aromatic N) is 2. The molecule has 0 radical (unpaired) electrons. The molecular formula is C13H14ClFN4. The molecule has 0 aliphatic carbocycles. The number of halogens is 2. The fraction of sp³-hybridized carbons (Fsp3) is 0.231. The van der Waals surface area contributed by atoms with E-state index < -0.39 is 0 Å². The van der Waals surface area contributed by atoms with Crippen LogP contribution in [0.5, 0.6) is 0 Å². The summed E-state index contributed by atoms with van der Waals surface area (Å²) in [5.74, 6) is 0.802. The third kappa shape index (κ3) is 3.32. The van der Waals surface area contributed by atoms with Crippen LogP contribution < -0.4 is 10.6 Å². The van der Waals surface area contributed by atoms with Crippen LogP contribution in [0.15, 0.2) is 24.4 Å². The molecular weight excluding hydrogens is 267 g/mol. The van der Waals surface area contributed by atoms with E-state index in [2.05, 4.69) is 20.6 Å². The number of anilines is 3. The zero-order chi connectivity index (χ0) is 13.8. The van der Waals surface area contributed by atoms with Gasteiger partial charge < -0.3 is 10.6 Å². The minimum atomic E-state index is -0.372. The molecule has 0 bridgehead atoms. The second kappa shape index (κ2) is 5.84. The van der Waals surface area contributed by atoms with E-state index in [9.17, 15) is 4.39 Å². The lowest BCUT2D eigenvalue weighted by Crippen LogP contribution is -2.05. The van der Waals surface area contributed by atoms with Gasteiger partial charge in [-0.2, -0.15) is 4.98 Å². The lowest BCUT2D eigenvalue weighted by atomic mass is 10.3. The van der Waals surface area contributed by atoms with Crippen molar-refractivity contribution in [1.82, 2.24) is 9.97 Å². The molecule has 0 atom stereocenters. The minimum Gasteiger partial charge on any atom is -0.354 e. The van der Waals surface area contributed by atoms with Crippen LogP contribution in [0.4, 0.5) is 21.8 Å². The summed E-state index contributed by atoms with van der Waals surface area (Å²) in [6.45, 7) is 4.59. The molecule has 4 nitrogen and oxygen atoms in total. The van der Waals surface area contributed by atoms with Crippen molar-refractivity contribution >= 4 is 29.1 Å². The summed E-state index contributed by atoms with van der Waals surface area (Å²) >= 11 is 5.97. The van der Waals surface area contributed by atoms with Gasteiger partial charge in [0.15, 0.2) is 0 Å². The van der Waals surface area contributed by atoms with Gasteiger partial charge in [-0.1, -0.05) is 11.6 Å². The molecule has 0 amide bonds. The Bertz CT molecular complexity index is 589. The van der Waals surface area contributed by atoms with E-state index >= 15 is 0 Å². The van der Waals surface area contributed by atoms with E-state index in [1.54, 1.807) is 12.3 Å². The maximum Gasteiger partial charge on any atom is 0.224 e. The largest absolute Gasteiger partial charge is 0.354 e. The van der Waals surface area contributed by atoms with Crippen molar-refractivity contribution in [1.29, 1.82) is 0 Å². The first-order valence-corrected chi connectivity index (χ1v) is 6.27. The average Bonchev–Trinajstić information content (AvgIpc) is 2.37. The molecule has 0 fully saturated rings. The number of benzene rings is 1. The summed E-state index contributed by atoms with van der Waals surface area (Å²) in [6, 6.07) is 4.17. The standard InChI is InChI=1S/C13H14ClFN4/c1-3-16-13-17-7-8(2)12(19-13)18-11-5-4-9(15)6-10(11)14/h4-7H,3H2,1-2H3,(H2,16,17,18,19). The third-order valence-electron chi connectivity index (χ3n) is 2.49. The molecule has 1 aromatic carbocycles. The molecule has 2 aromatic rings. The number of nitrogens with one attached hydrogen (secondary N) is 2. The first-order valence-electron chi connectivity index (χ1n) is 5.89. The Labute approximate surface area is 116 Å². The molecule has 0 saturated carbocycles. The maximum absolute atomic E-state index is 13.0. The van der Waals surface area contributed by atoms with Gasteiger partial charge >= 0.3 is 0 Å². The molecule has 1 aromatic heterocycles. The number of rotatable bonds is 4. The summed E-state index contributed by atoms with van der Waals surface area (Å²) in [5, 5.41) is 6.41. The predicted molar refractivity (Wildman–Crippen MR) is 75.6 cm³/mol. The highest BCUT2D eigenvalue weighted by Gasteiger charge is 2.07. The predicted octanol–water partition coefficient (Wildman–Crippen LogP) is 3.75.